The molecule has 3 N–H and O–H groups in total. The quantitative estimate of drug-likeness (QED) is 0.0864. The molecule has 73 heavy (non-hydrogen) atoms. The van der Waals surface area contributed by atoms with Gasteiger partial charge >= 0.3 is 0 Å². The number of aromatic nitrogens is 1. The van der Waals surface area contributed by atoms with Crippen molar-refractivity contribution in [3.05, 3.63) is 122 Å². The molecule has 386 valence electrons. The van der Waals surface area contributed by atoms with Gasteiger partial charge in [0.2, 0.25) is 11.7 Å². The van der Waals surface area contributed by atoms with Crippen molar-refractivity contribution in [2.24, 2.45) is 5.41 Å². The minimum Gasteiger partial charge on any atom is -0.495 e. The first-order valence-corrected chi connectivity index (χ1v) is 25.3. The lowest BCUT2D eigenvalue weighted by atomic mass is 9.62. The Balaban J connectivity index is 0.883. The number of amides is 3. The van der Waals surface area contributed by atoms with Crippen molar-refractivity contribution in [2.45, 2.75) is 50.6 Å². The summed E-state index contributed by atoms with van der Waals surface area (Å²) in [5.41, 5.74) is -1.37. The van der Waals surface area contributed by atoms with Crippen LogP contribution in [0.3, 0.4) is 0 Å². The molecule has 0 saturated carbocycles. The van der Waals surface area contributed by atoms with Crippen LogP contribution in [0.2, 0.25) is 10.0 Å². The summed E-state index contributed by atoms with van der Waals surface area (Å²) in [6.45, 7) is 10.1. The molecule has 4 heterocycles. The highest BCUT2D eigenvalue weighted by atomic mass is 35.5. The fourth-order valence-electron chi connectivity index (χ4n) is 9.74. The van der Waals surface area contributed by atoms with Crippen molar-refractivity contribution in [1.29, 1.82) is 5.26 Å². The van der Waals surface area contributed by atoms with Crippen LogP contribution in [0.5, 0.6) is 11.5 Å². The summed E-state index contributed by atoms with van der Waals surface area (Å²) in [4.78, 5) is 51.6. The molecule has 21 heteroatoms. The second-order valence-electron chi connectivity index (χ2n) is 19.2. The summed E-state index contributed by atoms with van der Waals surface area (Å²) in [5, 5.41) is 22.5. The van der Waals surface area contributed by atoms with E-state index in [9.17, 15) is 24.0 Å². The van der Waals surface area contributed by atoms with Crippen LogP contribution in [0, 0.1) is 40.0 Å². The van der Waals surface area contributed by atoms with E-state index in [2.05, 4.69) is 36.8 Å². The molecule has 3 aliphatic rings. The molecule has 4 atom stereocenters. The highest BCUT2D eigenvalue weighted by molar-refractivity contribution is 7.14. The van der Waals surface area contributed by atoms with Gasteiger partial charge in [-0.05, 0) is 65.9 Å². The third kappa shape index (κ3) is 11.5. The number of hydrogen-bond donors (Lipinski definition) is 3. The molecule has 4 aromatic carbocycles. The number of benzene rings is 4. The van der Waals surface area contributed by atoms with E-state index in [1.165, 1.54) is 73.0 Å². The van der Waals surface area contributed by atoms with Gasteiger partial charge in [0, 0.05) is 91.4 Å². The molecular weight excluding hydrogens is 1010 g/mol. The third-order valence-corrected chi connectivity index (χ3v) is 14.8. The largest absolute Gasteiger partial charge is 0.495 e. The van der Waals surface area contributed by atoms with Crippen LogP contribution in [-0.4, -0.2) is 124 Å². The predicted molar refractivity (Wildman–Crippen MR) is 271 cm³/mol. The molecule has 0 aliphatic carbocycles. The van der Waals surface area contributed by atoms with Crippen LogP contribution in [0.25, 0.3) is 11.3 Å². The number of thiazole rings is 1. The molecule has 14 nitrogen and oxygen atoms in total. The fourth-order valence-corrected chi connectivity index (χ4v) is 11.0. The SMILES string of the molecule is COc1cc(C(=O)NCCN2CCN(C(=O)COc3c(-c4csc(N5CCOCC5)n4)ccc(F)c3F)CC2)ccc1NC(=O)[C@@H]1N[C@@H](CC(C)(C)C)[C@](C#N)(c2ccc(Cl)cc2F)[C@H]1c1cccc(Cl)c1F. The van der Waals surface area contributed by atoms with Gasteiger partial charge in [0.25, 0.3) is 11.8 Å². The maximum Gasteiger partial charge on any atom is 0.260 e. The monoisotopic (exact) mass is 1060 g/mol. The number of hydrogen-bond acceptors (Lipinski definition) is 12. The third-order valence-electron chi connectivity index (χ3n) is 13.3. The van der Waals surface area contributed by atoms with Crippen LogP contribution < -0.4 is 30.3 Å². The van der Waals surface area contributed by atoms with Crippen molar-refractivity contribution in [1.82, 2.24) is 25.4 Å². The number of halogens is 6. The van der Waals surface area contributed by atoms with E-state index in [0.717, 1.165) is 17.3 Å². The van der Waals surface area contributed by atoms with Gasteiger partial charge in [0.05, 0.1) is 48.8 Å². The number of piperazine rings is 1. The van der Waals surface area contributed by atoms with E-state index in [0.29, 0.717) is 64.7 Å². The number of nitriles is 1. The Labute approximate surface area is 434 Å². The standard InChI is InChI=1S/C52H54Cl2F4N8O6S/c1-51(2,3)26-41-52(29-59,34-11-9-31(53)25-37(34)56)43(33-6-5-7-35(54)44(33)57)46(63-41)49(69)61-38-13-8-30(24-40(38)70-4)48(68)60-14-15-64-16-18-65(19-17-64)42(67)27-72-47-32(10-12-36(55)45(47)58)39-28-73-50(62-39)66-20-22-71-23-21-66/h5-13,24-25,28,41,43,46,63H,14-23,26-27H2,1-4H3,(H,60,68)(H,61,69)/t41-,43-,46+,52-/m0/s1. The second kappa shape index (κ2) is 22.6. The first-order valence-electron chi connectivity index (χ1n) is 23.7. The second-order valence-corrected chi connectivity index (χ2v) is 20.9. The van der Waals surface area contributed by atoms with Crippen molar-refractivity contribution < 1.29 is 46.2 Å². The lowest BCUT2D eigenvalue weighted by Gasteiger charge is -2.37. The van der Waals surface area contributed by atoms with Gasteiger partial charge < -0.3 is 40.0 Å². The van der Waals surface area contributed by atoms with E-state index in [1.54, 1.807) is 10.3 Å². The first kappa shape index (κ1) is 53.3. The zero-order chi connectivity index (χ0) is 52.2. The normalized spacial score (nSPS) is 20.4. The van der Waals surface area contributed by atoms with Crippen molar-refractivity contribution >= 4 is 63.1 Å². The molecule has 3 aliphatic heterocycles. The highest BCUT2D eigenvalue weighted by Gasteiger charge is 2.61. The van der Waals surface area contributed by atoms with Crippen LogP contribution in [-0.2, 0) is 19.7 Å². The fraction of sp³-hybridized carbons (Fsp3) is 0.404. The number of nitrogens with one attached hydrogen (secondary N) is 3. The molecular formula is C52H54Cl2F4N8O6S. The Morgan fingerprint density at radius 3 is 2.41 bits per heavy atom. The predicted octanol–water partition coefficient (Wildman–Crippen LogP) is 8.43. The lowest BCUT2D eigenvalue weighted by molar-refractivity contribution is -0.135. The highest BCUT2D eigenvalue weighted by Crippen LogP contribution is 2.53. The van der Waals surface area contributed by atoms with Gasteiger partial charge in [0.15, 0.2) is 23.3 Å². The molecule has 3 fully saturated rings. The van der Waals surface area contributed by atoms with Gasteiger partial charge in [-0.25, -0.2) is 18.2 Å². The van der Waals surface area contributed by atoms with E-state index in [1.807, 2.05) is 20.8 Å². The molecule has 3 amide bonds. The van der Waals surface area contributed by atoms with E-state index < -0.39 is 76.4 Å². The number of carbonyl (C=O) groups excluding carboxylic acids is 3. The minimum atomic E-state index is -1.84. The van der Waals surface area contributed by atoms with Crippen molar-refractivity contribution in [3.63, 3.8) is 0 Å². The number of anilines is 2. The van der Waals surface area contributed by atoms with Gasteiger partial charge in [-0.15, -0.1) is 11.3 Å². The van der Waals surface area contributed by atoms with Crippen LogP contribution in [0.4, 0.5) is 28.4 Å². The molecule has 0 unspecified atom stereocenters. The Morgan fingerprint density at radius 1 is 0.959 bits per heavy atom. The Bertz CT molecular complexity index is 2910. The van der Waals surface area contributed by atoms with Crippen LogP contribution in [0.15, 0.2) is 72.1 Å². The van der Waals surface area contributed by atoms with Crippen molar-refractivity contribution in [2.75, 3.05) is 89.5 Å². The maximum absolute atomic E-state index is 16.2. The average Bonchev–Trinajstić information content (AvgIpc) is 3.99. The summed E-state index contributed by atoms with van der Waals surface area (Å²) in [6, 6.07) is 15.2. The Hall–Kier alpha value is -6.01. The van der Waals surface area contributed by atoms with Crippen LogP contribution >= 0.6 is 34.5 Å². The Morgan fingerprint density at radius 2 is 1.71 bits per heavy atom. The summed E-state index contributed by atoms with van der Waals surface area (Å²) in [5.74, 6) is -7.02. The Kier molecular flexibility index (Phi) is 16.5. The molecule has 8 rings (SSSR count). The number of ether oxygens (including phenoxy) is 3. The topological polar surface area (TPSA) is 161 Å². The molecule has 3 saturated heterocycles. The number of methoxy groups -OCH3 is 1. The van der Waals surface area contributed by atoms with Gasteiger partial charge in [-0.3, -0.25) is 19.3 Å². The molecule has 0 bridgehead atoms. The van der Waals surface area contributed by atoms with E-state index in [-0.39, 0.29) is 62.5 Å². The summed E-state index contributed by atoms with van der Waals surface area (Å²) in [7, 11) is 1.37. The first-order chi connectivity index (χ1) is 34.9. The smallest absolute Gasteiger partial charge is 0.260 e. The van der Waals surface area contributed by atoms with Crippen LogP contribution in [0.1, 0.15) is 54.6 Å². The zero-order valence-corrected chi connectivity index (χ0v) is 42.8. The molecule has 0 spiro atoms. The maximum atomic E-state index is 16.2. The summed E-state index contributed by atoms with van der Waals surface area (Å²) in [6.07, 6.45) is 0.277. The summed E-state index contributed by atoms with van der Waals surface area (Å²) >= 11 is 13.8. The molecule has 0 radical (unpaired) electrons. The van der Waals surface area contributed by atoms with Crippen molar-refractivity contribution in [3.8, 4) is 28.8 Å². The number of carbonyl (C=O) groups is 3. The minimum absolute atomic E-state index is 0.0602. The van der Waals surface area contributed by atoms with E-state index in [4.69, 9.17) is 37.4 Å². The molecule has 1 aromatic heterocycles. The van der Waals surface area contributed by atoms with E-state index >= 15 is 13.2 Å². The lowest BCUT2D eigenvalue weighted by Crippen LogP contribution is -2.51. The summed E-state index contributed by atoms with van der Waals surface area (Å²) < 4.78 is 78.6. The number of morpholine rings is 1. The number of rotatable bonds is 15. The number of nitrogens with zero attached hydrogens (tertiary/aromatic N) is 5. The van der Waals surface area contributed by atoms with Gasteiger partial charge in [-0.2, -0.15) is 9.65 Å². The molecule has 5 aromatic rings. The van der Waals surface area contributed by atoms with Gasteiger partial charge in [0.1, 0.15) is 22.8 Å². The average molecular weight is 1070 g/mol. The zero-order valence-electron chi connectivity index (χ0n) is 40.5. The van der Waals surface area contributed by atoms with Gasteiger partial charge in [-0.1, -0.05) is 62.2 Å².